The third-order valence-corrected chi connectivity index (χ3v) is 3.39. The first kappa shape index (κ1) is 14.7. The van der Waals surface area contributed by atoms with E-state index in [4.69, 9.17) is 23.2 Å². The summed E-state index contributed by atoms with van der Waals surface area (Å²) in [4.78, 5) is 14.1. The number of hydrogen-bond acceptors (Lipinski definition) is 2. The Kier molecular flexibility index (Phi) is 4.53. The minimum absolute atomic E-state index is 0.223. The summed E-state index contributed by atoms with van der Waals surface area (Å²) in [6.07, 6.45) is 0. The summed E-state index contributed by atoms with van der Waals surface area (Å²) in [5.41, 5.74) is 2.09. The first-order valence-electron chi connectivity index (χ1n) is 6.01. The van der Waals surface area contributed by atoms with Crippen molar-refractivity contribution in [1.29, 1.82) is 0 Å². The average molecular weight is 309 g/mol. The molecule has 20 heavy (non-hydrogen) atoms. The van der Waals surface area contributed by atoms with Gasteiger partial charge in [-0.3, -0.25) is 4.79 Å². The molecule has 0 fully saturated rings. The molecule has 0 aliphatic carbocycles. The molecule has 5 heteroatoms. The molecule has 0 unspecified atom stereocenters. The molecule has 1 amide bonds. The van der Waals surface area contributed by atoms with Crippen LogP contribution in [0.3, 0.4) is 0 Å². The van der Waals surface area contributed by atoms with Gasteiger partial charge in [0.2, 0.25) is 0 Å². The Bertz CT molecular complexity index is 624. The molecule has 0 saturated heterocycles. The topological polar surface area (TPSA) is 32.3 Å². The molecule has 3 nitrogen and oxygen atoms in total. The summed E-state index contributed by atoms with van der Waals surface area (Å²) < 4.78 is 0. The Morgan fingerprint density at radius 3 is 2.30 bits per heavy atom. The summed E-state index contributed by atoms with van der Waals surface area (Å²) >= 11 is 11.9. The lowest BCUT2D eigenvalue weighted by Gasteiger charge is -2.13. The zero-order valence-corrected chi connectivity index (χ0v) is 12.7. The number of carbonyl (C=O) groups is 1. The minimum Gasteiger partial charge on any atom is -0.378 e. The molecule has 104 valence electrons. The maximum absolute atomic E-state index is 12.1. The van der Waals surface area contributed by atoms with Crippen LogP contribution in [0.1, 0.15) is 10.4 Å². The summed E-state index contributed by atoms with van der Waals surface area (Å²) in [6, 6.07) is 12.2. The smallest absolute Gasteiger partial charge is 0.255 e. The highest BCUT2D eigenvalue weighted by Crippen LogP contribution is 2.26. The van der Waals surface area contributed by atoms with Crippen LogP contribution in [0.2, 0.25) is 10.0 Å². The molecule has 2 aromatic carbocycles. The van der Waals surface area contributed by atoms with Crippen LogP contribution in [0.15, 0.2) is 42.5 Å². The van der Waals surface area contributed by atoms with E-state index >= 15 is 0 Å². The van der Waals surface area contributed by atoms with Gasteiger partial charge in [0.05, 0.1) is 10.7 Å². The number of anilines is 2. The summed E-state index contributed by atoms with van der Waals surface area (Å²) in [5.74, 6) is -0.223. The maximum atomic E-state index is 12.1. The van der Waals surface area contributed by atoms with E-state index in [0.717, 1.165) is 5.69 Å². The fourth-order valence-electron chi connectivity index (χ4n) is 1.70. The molecule has 0 aliphatic heterocycles. The third kappa shape index (κ3) is 3.44. The Balaban J connectivity index is 2.17. The van der Waals surface area contributed by atoms with Gasteiger partial charge < -0.3 is 10.2 Å². The second kappa shape index (κ2) is 6.16. The molecule has 0 radical (unpaired) electrons. The van der Waals surface area contributed by atoms with Gasteiger partial charge in [-0.05, 0) is 42.5 Å². The van der Waals surface area contributed by atoms with Crippen LogP contribution in [0.4, 0.5) is 11.4 Å². The molecule has 0 heterocycles. The van der Waals surface area contributed by atoms with E-state index in [2.05, 4.69) is 5.32 Å². The summed E-state index contributed by atoms with van der Waals surface area (Å²) in [6.45, 7) is 0. The Labute approximate surface area is 128 Å². The van der Waals surface area contributed by atoms with Crippen LogP contribution in [0.25, 0.3) is 0 Å². The molecule has 0 aliphatic rings. The maximum Gasteiger partial charge on any atom is 0.255 e. The molecule has 0 bridgehead atoms. The van der Waals surface area contributed by atoms with E-state index in [1.54, 1.807) is 30.3 Å². The van der Waals surface area contributed by atoms with Gasteiger partial charge in [-0.2, -0.15) is 0 Å². The van der Waals surface area contributed by atoms with Crippen molar-refractivity contribution in [3.8, 4) is 0 Å². The predicted octanol–water partition coefficient (Wildman–Crippen LogP) is 4.31. The fourth-order valence-corrected chi connectivity index (χ4v) is 2.04. The van der Waals surface area contributed by atoms with Gasteiger partial charge in [-0.25, -0.2) is 0 Å². The van der Waals surface area contributed by atoms with Crippen LogP contribution in [-0.4, -0.2) is 20.0 Å². The molecule has 0 spiro atoms. The van der Waals surface area contributed by atoms with E-state index < -0.39 is 0 Å². The van der Waals surface area contributed by atoms with Gasteiger partial charge in [0, 0.05) is 30.4 Å². The van der Waals surface area contributed by atoms with Crippen molar-refractivity contribution in [1.82, 2.24) is 0 Å². The van der Waals surface area contributed by atoms with E-state index in [-0.39, 0.29) is 5.91 Å². The number of nitrogens with zero attached hydrogens (tertiary/aromatic N) is 1. The Hall–Kier alpha value is -1.71. The van der Waals surface area contributed by atoms with Crippen molar-refractivity contribution in [2.24, 2.45) is 0 Å². The van der Waals surface area contributed by atoms with E-state index in [1.807, 2.05) is 31.1 Å². The first-order valence-corrected chi connectivity index (χ1v) is 6.77. The Morgan fingerprint density at radius 2 is 1.70 bits per heavy atom. The normalized spacial score (nSPS) is 10.2. The van der Waals surface area contributed by atoms with E-state index in [1.165, 1.54) is 0 Å². The number of nitrogens with one attached hydrogen (secondary N) is 1. The van der Waals surface area contributed by atoms with Crippen molar-refractivity contribution in [3.63, 3.8) is 0 Å². The highest BCUT2D eigenvalue weighted by molar-refractivity contribution is 6.35. The molecule has 1 N–H and O–H groups in total. The van der Waals surface area contributed by atoms with Crippen LogP contribution < -0.4 is 10.2 Å². The van der Waals surface area contributed by atoms with Crippen LogP contribution in [-0.2, 0) is 0 Å². The number of amides is 1. The highest BCUT2D eigenvalue weighted by atomic mass is 35.5. The average Bonchev–Trinajstić information content (AvgIpc) is 2.43. The first-order chi connectivity index (χ1) is 9.47. The van der Waals surface area contributed by atoms with Crippen molar-refractivity contribution in [2.75, 3.05) is 24.3 Å². The summed E-state index contributed by atoms with van der Waals surface area (Å²) in [5, 5.41) is 3.72. The van der Waals surface area contributed by atoms with Gasteiger partial charge in [0.25, 0.3) is 5.91 Å². The number of halogens is 2. The molecule has 0 saturated carbocycles. The predicted molar refractivity (Wildman–Crippen MR) is 85.2 cm³/mol. The van der Waals surface area contributed by atoms with Crippen molar-refractivity contribution < 1.29 is 4.79 Å². The van der Waals surface area contributed by atoms with Gasteiger partial charge in [-0.1, -0.05) is 23.2 Å². The van der Waals surface area contributed by atoms with E-state index in [0.29, 0.717) is 21.3 Å². The van der Waals surface area contributed by atoms with Crippen LogP contribution in [0, 0.1) is 0 Å². The zero-order valence-electron chi connectivity index (χ0n) is 11.2. The Morgan fingerprint density at radius 1 is 1.05 bits per heavy atom. The van der Waals surface area contributed by atoms with E-state index in [9.17, 15) is 4.79 Å². The SMILES string of the molecule is CN(C)c1ccc(C(=O)Nc2cc(Cl)ccc2Cl)cc1. The molecular formula is C15H14Cl2N2O. The quantitative estimate of drug-likeness (QED) is 0.916. The molecular weight excluding hydrogens is 295 g/mol. The number of benzene rings is 2. The third-order valence-electron chi connectivity index (χ3n) is 2.82. The van der Waals surface area contributed by atoms with Gasteiger partial charge in [0.15, 0.2) is 0 Å². The molecule has 0 atom stereocenters. The second-order valence-corrected chi connectivity index (χ2v) is 5.36. The number of carbonyl (C=O) groups excluding carboxylic acids is 1. The van der Waals surface area contributed by atoms with Crippen LogP contribution >= 0.6 is 23.2 Å². The van der Waals surface area contributed by atoms with Crippen molar-refractivity contribution in [2.45, 2.75) is 0 Å². The van der Waals surface area contributed by atoms with Crippen molar-refractivity contribution in [3.05, 3.63) is 58.1 Å². The largest absolute Gasteiger partial charge is 0.378 e. The molecule has 2 rings (SSSR count). The van der Waals surface area contributed by atoms with Gasteiger partial charge in [0.1, 0.15) is 0 Å². The second-order valence-electron chi connectivity index (χ2n) is 4.52. The van der Waals surface area contributed by atoms with Gasteiger partial charge in [-0.15, -0.1) is 0 Å². The molecule has 0 aromatic heterocycles. The standard InChI is InChI=1S/C15H14Cl2N2O/c1-19(2)12-6-3-10(4-7-12)15(20)18-14-9-11(16)5-8-13(14)17/h3-9H,1-2H3,(H,18,20). The number of hydrogen-bond donors (Lipinski definition) is 1. The molecule has 2 aromatic rings. The lowest BCUT2D eigenvalue weighted by atomic mass is 10.2. The van der Waals surface area contributed by atoms with Gasteiger partial charge >= 0.3 is 0 Å². The highest BCUT2D eigenvalue weighted by Gasteiger charge is 2.09. The lowest BCUT2D eigenvalue weighted by molar-refractivity contribution is 0.102. The minimum atomic E-state index is -0.223. The summed E-state index contributed by atoms with van der Waals surface area (Å²) in [7, 11) is 3.89. The van der Waals surface area contributed by atoms with Crippen molar-refractivity contribution >= 4 is 40.5 Å². The van der Waals surface area contributed by atoms with Crippen LogP contribution in [0.5, 0.6) is 0 Å². The number of rotatable bonds is 3. The monoisotopic (exact) mass is 308 g/mol. The lowest BCUT2D eigenvalue weighted by Crippen LogP contribution is -2.13. The fraction of sp³-hybridized carbons (Fsp3) is 0.133. The zero-order chi connectivity index (χ0) is 14.7.